The van der Waals surface area contributed by atoms with Crippen molar-refractivity contribution in [3.05, 3.63) is 0 Å². The van der Waals surface area contributed by atoms with Crippen LogP contribution in [0.25, 0.3) is 0 Å². The first-order chi connectivity index (χ1) is 6.09. The van der Waals surface area contributed by atoms with Crippen molar-refractivity contribution in [1.29, 1.82) is 0 Å². The van der Waals surface area contributed by atoms with Crippen LogP contribution in [0.5, 0.6) is 0 Å². The number of hydrogen-bond acceptors (Lipinski definition) is 2. The number of nitrogens with zero attached hydrogens (tertiary/aromatic N) is 1. The summed E-state index contributed by atoms with van der Waals surface area (Å²) in [6.45, 7) is 3.47. The molecule has 1 N–H and O–H groups in total. The summed E-state index contributed by atoms with van der Waals surface area (Å²) in [7, 11) is 3.49. The zero-order valence-electron chi connectivity index (χ0n) is 8.59. The molecule has 13 heavy (non-hydrogen) atoms. The minimum atomic E-state index is -0.124. The Kier molecular flexibility index (Phi) is 3.14. The zero-order chi connectivity index (χ0) is 9.90. The van der Waals surface area contributed by atoms with Crippen molar-refractivity contribution in [3.63, 3.8) is 0 Å². The van der Waals surface area contributed by atoms with Gasteiger partial charge in [-0.3, -0.25) is 0 Å². The SMILES string of the molecule is CCC1(NC(=O)N(C)C)CCOC1. The number of rotatable bonds is 2. The van der Waals surface area contributed by atoms with Gasteiger partial charge in [0.25, 0.3) is 0 Å². The van der Waals surface area contributed by atoms with E-state index in [1.54, 1.807) is 19.0 Å². The molecule has 4 nitrogen and oxygen atoms in total. The fraction of sp³-hybridized carbons (Fsp3) is 0.889. The summed E-state index contributed by atoms with van der Waals surface area (Å²) in [6.07, 6.45) is 1.84. The largest absolute Gasteiger partial charge is 0.379 e. The third kappa shape index (κ3) is 2.34. The molecule has 1 fully saturated rings. The Morgan fingerprint density at radius 3 is 2.69 bits per heavy atom. The lowest BCUT2D eigenvalue weighted by Gasteiger charge is -2.28. The van der Waals surface area contributed by atoms with E-state index in [2.05, 4.69) is 12.2 Å². The van der Waals surface area contributed by atoms with Crippen LogP contribution in [0.3, 0.4) is 0 Å². The van der Waals surface area contributed by atoms with Crippen LogP contribution >= 0.6 is 0 Å². The summed E-state index contributed by atoms with van der Waals surface area (Å²) in [5.74, 6) is 0. The highest BCUT2D eigenvalue weighted by Crippen LogP contribution is 2.22. The van der Waals surface area contributed by atoms with Crippen molar-refractivity contribution in [2.24, 2.45) is 0 Å². The Labute approximate surface area is 79.2 Å². The predicted molar refractivity (Wildman–Crippen MR) is 50.7 cm³/mol. The van der Waals surface area contributed by atoms with Crippen molar-refractivity contribution in [2.45, 2.75) is 25.3 Å². The van der Waals surface area contributed by atoms with Crippen molar-refractivity contribution < 1.29 is 9.53 Å². The summed E-state index contributed by atoms with van der Waals surface area (Å²) in [4.78, 5) is 13.0. The number of carbonyl (C=O) groups excluding carboxylic acids is 1. The molecule has 0 spiro atoms. The summed E-state index contributed by atoms with van der Waals surface area (Å²) in [5.41, 5.74) is -0.124. The molecule has 1 rings (SSSR count). The minimum absolute atomic E-state index is 0.0349. The lowest BCUT2D eigenvalue weighted by molar-refractivity contribution is 0.158. The summed E-state index contributed by atoms with van der Waals surface area (Å²) < 4.78 is 5.30. The minimum Gasteiger partial charge on any atom is -0.379 e. The number of urea groups is 1. The van der Waals surface area contributed by atoms with Crippen LogP contribution < -0.4 is 5.32 Å². The van der Waals surface area contributed by atoms with Gasteiger partial charge in [0, 0.05) is 20.7 Å². The first kappa shape index (κ1) is 10.3. The second-order valence-electron chi connectivity index (χ2n) is 3.76. The van der Waals surface area contributed by atoms with Gasteiger partial charge in [-0.05, 0) is 12.8 Å². The van der Waals surface area contributed by atoms with Crippen LogP contribution in [-0.4, -0.2) is 43.8 Å². The average Bonchev–Trinajstić information content (AvgIpc) is 2.54. The summed E-state index contributed by atoms with van der Waals surface area (Å²) >= 11 is 0. The highest BCUT2D eigenvalue weighted by atomic mass is 16.5. The highest BCUT2D eigenvalue weighted by Gasteiger charge is 2.34. The average molecular weight is 186 g/mol. The molecule has 4 heteroatoms. The molecule has 1 heterocycles. The predicted octanol–water partition coefficient (Wildman–Crippen LogP) is 0.827. The molecule has 1 aliphatic rings. The molecule has 76 valence electrons. The van der Waals surface area contributed by atoms with Crippen molar-refractivity contribution in [1.82, 2.24) is 10.2 Å². The quantitative estimate of drug-likeness (QED) is 0.694. The third-order valence-corrected chi connectivity index (χ3v) is 2.56. The molecule has 0 aromatic rings. The molecule has 1 saturated heterocycles. The van der Waals surface area contributed by atoms with Gasteiger partial charge < -0.3 is 15.0 Å². The number of amides is 2. The Balaban J connectivity index is 2.53. The van der Waals surface area contributed by atoms with Gasteiger partial charge in [0.05, 0.1) is 12.1 Å². The van der Waals surface area contributed by atoms with Gasteiger partial charge in [-0.15, -0.1) is 0 Å². The van der Waals surface area contributed by atoms with Crippen LogP contribution in [0, 0.1) is 0 Å². The molecule has 1 atom stereocenters. The molecule has 2 amide bonds. The zero-order valence-corrected chi connectivity index (χ0v) is 8.59. The second-order valence-corrected chi connectivity index (χ2v) is 3.76. The number of hydrogen-bond donors (Lipinski definition) is 1. The first-order valence-corrected chi connectivity index (χ1v) is 4.67. The van der Waals surface area contributed by atoms with Gasteiger partial charge in [-0.25, -0.2) is 4.79 Å². The maximum Gasteiger partial charge on any atom is 0.317 e. The molecular weight excluding hydrogens is 168 g/mol. The smallest absolute Gasteiger partial charge is 0.317 e. The maximum absolute atomic E-state index is 11.4. The molecule has 0 aromatic carbocycles. The molecule has 1 aliphatic heterocycles. The molecule has 0 aliphatic carbocycles. The Morgan fingerprint density at radius 2 is 2.31 bits per heavy atom. The van der Waals surface area contributed by atoms with Crippen LogP contribution in [0.4, 0.5) is 4.79 Å². The molecule has 0 aromatic heterocycles. The lowest BCUT2D eigenvalue weighted by Crippen LogP contribution is -2.51. The maximum atomic E-state index is 11.4. The van der Waals surface area contributed by atoms with Gasteiger partial charge in [0.1, 0.15) is 0 Å². The number of carbonyl (C=O) groups is 1. The van der Waals surface area contributed by atoms with Crippen molar-refractivity contribution in [2.75, 3.05) is 27.3 Å². The van der Waals surface area contributed by atoms with Crippen molar-refractivity contribution >= 4 is 6.03 Å². The van der Waals surface area contributed by atoms with Crippen LogP contribution in [0.2, 0.25) is 0 Å². The van der Waals surface area contributed by atoms with E-state index >= 15 is 0 Å². The van der Waals surface area contributed by atoms with Gasteiger partial charge in [0.2, 0.25) is 0 Å². The van der Waals surface area contributed by atoms with Crippen LogP contribution in [0.1, 0.15) is 19.8 Å². The van der Waals surface area contributed by atoms with E-state index < -0.39 is 0 Å². The monoisotopic (exact) mass is 186 g/mol. The van der Waals surface area contributed by atoms with E-state index in [1.807, 2.05) is 0 Å². The van der Waals surface area contributed by atoms with E-state index in [0.29, 0.717) is 6.61 Å². The van der Waals surface area contributed by atoms with E-state index in [4.69, 9.17) is 4.74 Å². The van der Waals surface area contributed by atoms with Gasteiger partial charge in [0.15, 0.2) is 0 Å². The van der Waals surface area contributed by atoms with Crippen LogP contribution in [-0.2, 0) is 4.74 Å². The number of nitrogens with one attached hydrogen (secondary N) is 1. The third-order valence-electron chi connectivity index (χ3n) is 2.56. The second kappa shape index (κ2) is 3.96. The molecular formula is C9H18N2O2. The highest BCUT2D eigenvalue weighted by molar-refractivity contribution is 5.74. The van der Waals surface area contributed by atoms with Crippen molar-refractivity contribution in [3.8, 4) is 0 Å². The molecule has 1 unspecified atom stereocenters. The molecule has 0 bridgehead atoms. The topological polar surface area (TPSA) is 41.6 Å². The van der Waals surface area contributed by atoms with E-state index in [9.17, 15) is 4.79 Å². The Hall–Kier alpha value is -0.770. The summed E-state index contributed by atoms with van der Waals surface area (Å²) in [6, 6.07) is -0.0349. The van der Waals surface area contributed by atoms with E-state index in [1.165, 1.54) is 0 Å². The summed E-state index contributed by atoms with van der Waals surface area (Å²) in [5, 5.41) is 3.00. The molecule has 0 saturated carbocycles. The Morgan fingerprint density at radius 1 is 1.62 bits per heavy atom. The lowest BCUT2D eigenvalue weighted by atomic mass is 9.96. The number of ether oxygens (including phenoxy) is 1. The van der Waals surface area contributed by atoms with Gasteiger partial charge in [-0.1, -0.05) is 6.92 Å². The molecule has 0 radical (unpaired) electrons. The fourth-order valence-electron chi connectivity index (χ4n) is 1.41. The van der Waals surface area contributed by atoms with Gasteiger partial charge >= 0.3 is 6.03 Å². The van der Waals surface area contributed by atoms with E-state index in [-0.39, 0.29) is 11.6 Å². The normalized spacial score (nSPS) is 27.3. The standard InChI is InChI=1S/C9H18N2O2/c1-4-9(5-6-13-7-9)10-8(12)11(2)3/h4-7H2,1-3H3,(H,10,12). The fourth-order valence-corrected chi connectivity index (χ4v) is 1.41. The Bertz CT molecular complexity index is 186. The van der Waals surface area contributed by atoms with Crippen LogP contribution in [0.15, 0.2) is 0 Å². The first-order valence-electron chi connectivity index (χ1n) is 4.67. The van der Waals surface area contributed by atoms with E-state index in [0.717, 1.165) is 19.4 Å². The van der Waals surface area contributed by atoms with Gasteiger partial charge in [-0.2, -0.15) is 0 Å².